The average Bonchev–Trinajstić information content (AvgIpc) is 2.86. The number of carbonyl (C=O) groups excluding carboxylic acids is 1. The number of ether oxygens (including phenoxy) is 1. The van der Waals surface area contributed by atoms with Crippen LogP contribution in [0.5, 0.6) is 17.2 Å². The molecule has 4 aromatic rings. The molecule has 3 aromatic carbocycles. The molecule has 0 aliphatic rings. The lowest BCUT2D eigenvalue weighted by Crippen LogP contribution is -2.31. The van der Waals surface area contributed by atoms with Crippen LogP contribution in [-0.2, 0) is 4.79 Å². The predicted octanol–water partition coefficient (Wildman–Crippen LogP) is 6.39. The van der Waals surface area contributed by atoms with Gasteiger partial charge in [-0.05, 0) is 68.5 Å². The molecule has 2 N–H and O–H groups in total. The van der Waals surface area contributed by atoms with Crippen molar-refractivity contribution < 1.29 is 24.2 Å². The van der Waals surface area contributed by atoms with Gasteiger partial charge in [0.05, 0.1) is 10.8 Å². The van der Waals surface area contributed by atoms with Gasteiger partial charge in [0.25, 0.3) is 0 Å². The van der Waals surface area contributed by atoms with Crippen LogP contribution in [0.15, 0.2) is 82.0 Å². The van der Waals surface area contributed by atoms with E-state index in [9.17, 15) is 19.8 Å². The first-order valence-corrected chi connectivity index (χ1v) is 11.6. The number of esters is 1. The first-order chi connectivity index (χ1) is 16.7. The molecule has 6 heteroatoms. The predicted molar refractivity (Wildman–Crippen MR) is 135 cm³/mol. The third-order valence-electron chi connectivity index (χ3n) is 6.25. The number of phenols is 1. The van der Waals surface area contributed by atoms with Crippen LogP contribution in [0.1, 0.15) is 45.1 Å². The Labute approximate surface area is 203 Å². The number of carbonyl (C=O) groups is 1. The summed E-state index contributed by atoms with van der Waals surface area (Å²) < 4.78 is 11.5. The maximum absolute atomic E-state index is 13.1. The maximum atomic E-state index is 13.1. The highest BCUT2D eigenvalue weighted by Gasteiger charge is 2.33. The van der Waals surface area contributed by atoms with Gasteiger partial charge in [0.2, 0.25) is 11.2 Å². The van der Waals surface area contributed by atoms with Gasteiger partial charge < -0.3 is 19.4 Å². The molecule has 0 bridgehead atoms. The summed E-state index contributed by atoms with van der Waals surface area (Å²) in [7, 11) is 0. The molecule has 35 heavy (non-hydrogen) atoms. The number of aromatic hydroxyl groups is 2. The lowest BCUT2D eigenvalue weighted by Gasteiger charge is -2.27. The summed E-state index contributed by atoms with van der Waals surface area (Å²) >= 11 is 0. The Bertz CT molecular complexity index is 1400. The third-order valence-corrected chi connectivity index (χ3v) is 6.25. The van der Waals surface area contributed by atoms with Crippen LogP contribution in [0, 0.1) is 5.41 Å². The van der Waals surface area contributed by atoms with Crippen molar-refractivity contribution in [3.05, 3.63) is 88.6 Å². The zero-order valence-electron chi connectivity index (χ0n) is 19.9. The summed E-state index contributed by atoms with van der Waals surface area (Å²) in [4.78, 5) is 25.9. The molecular weight excluding hydrogens is 444 g/mol. The third kappa shape index (κ3) is 5.06. The minimum atomic E-state index is -0.808. The minimum absolute atomic E-state index is 0.0915. The van der Waals surface area contributed by atoms with E-state index in [0.717, 1.165) is 12.0 Å². The van der Waals surface area contributed by atoms with E-state index in [1.807, 2.05) is 32.0 Å². The van der Waals surface area contributed by atoms with Gasteiger partial charge in [-0.2, -0.15) is 0 Å². The Morgan fingerprint density at radius 2 is 1.69 bits per heavy atom. The van der Waals surface area contributed by atoms with E-state index in [2.05, 4.69) is 6.92 Å². The van der Waals surface area contributed by atoms with Crippen molar-refractivity contribution in [2.24, 2.45) is 5.41 Å². The Kier molecular flexibility index (Phi) is 6.65. The summed E-state index contributed by atoms with van der Waals surface area (Å²) in [5, 5.41) is 20.2. The number of hydrogen-bond acceptors (Lipinski definition) is 6. The second-order valence-electron chi connectivity index (χ2n) is 9.31. The maximum Gasteiger partial charge on any atom is 0.316 e. The van der Waals surface area contributed by atoms with Crippen molar-refractivity contribution >= 4 is 16.9 Å². The number of fused-ring (bicyclic) bond motifs is 1. The van der Waals surface area contributed by atoms with Crippen molar-refractivity contribution in [2.45, 2.75) is 39.5 Å². The number of benzene rings is 3. The fraction of sp³-hybridized carbons (Fsp3) is 0.241. The van der Waals surface area contributed by atoms with Crippen LogP contribution < -0.4 is 10.2 Å². The molecule has 180 valence electrons. The topological polar surface area (TPSA) is 97.0 Å². The summed E-state index contributed by atoms with van der Waals surface area (Å²) in [5.41, 5.74) is 0.501. The molecule has 0 aliphatic carbocycles. The highest BCUT2D eigenvalue weighted by molar-refractivity contribution is 5.85. The summed E-state index contributed by atoms with van der Waals surface area (Å²) in [6, 6.07) is 20.4. The number of hydrogen-bond donors (Lipinski definition) is 2. The van der Waals surface area contributed by atoms with E-state index in [1.165, 1.54) is 6.07 Å². The molecule has 0 spiro atoms. The second kappa shape index (κ2) is 9.66. The van der Waals surface area contributed by atoms with Gasteiger partial charge in [-0.15, -0.1) is 0 Å². The van der Waals surface area contributed by atoms with E-state index in [1.54, 1.807) is 48.5 Å². The number of phenolic OH excluding ortho intramolecular Hbond substituents is 1. The van der Waals surface area contributed by atoms with Crippen LogP contribution in [0.2, 0.25) is 0 Å². The van der Waals surface area contributed by atoms with E-state index in [4.69, 9.17) is 9.15 Å². The van der Waals surface area contributed by atoms with E-state index < -0.39 is 22.6 Å². The van der Waals surface area contributed by atoms with E-state index in [0.29, 0.717) is 12.0 Å². The fourth-order valence-corrected chi connectivity index (χ4v) is 4.20. The van der Waals surface area contributed by atoms with Crippen molar-refractivity contribution in [1.29, 1.82) is 0 Å². The van der Waals surface area contributed by atoms with Gasteiger partial charge in [-0.1, -0.05) is 49.4 Å². The zero-order chi connectivity index (χ0) is 25.2. The molecule has 1 aromatic heterocycles. The Morgan fingerprint density at radius 3 is 2.34 bits per heavy atom. The molecule has 1 unspecified atom stereocenters. The summed E-state index contributed by atoms with van der Waals surface area (Å²) in [6.07, 6.45) is 1.37. The molecule has 0 amide bonds. The van der Waals surface area contributed by atoms with Crippen molar-refractivity contribution in [2.75, 3.05) is 0 Å². The molecule has 4 rings (SSSR count). The van der Waals surface area contributed by atoms with Crippen LogP contribution in [0.4, 0.5) is 0 Å². The first-order valence-electron chi connectivity index (χ1n) is 11.6. The zero-order valence-corrected chi connectivity index (χ0v) is 19.9. The van der Waals surface area contributed by atoms with Gasteiger partial charge in [0.1, 0.15) is 17.1 Å². The highest BCUT2D eigenvalue weighted by Crippen LogP contribution is 2.36. The van der Waals surface area contributed by atoms with Gasteiger partial charge in [0, 0.05) is 5.56 Å². The highest BCUT2D eigenvalue weighted by atomic mass is 16.5. The monoisotopic (exact) mass is 472 g/mol. The molecule has 1 heterocycles. The second-order valence-corrected chi connectivity index (χ2v) is 9.31. The molecule has 0 saturated carbocycles. The average molecular weight is 473 g/mol. The fourth-order valence-electron chi connectivity index (χ4n) is 4.20. The van der Waals surface area contributed by atoms with Crippen LogP contribution in [0.25, 0.3) is 22.3 Å². The largest absolute Gasteiger partial charge is 0.508 e. The van der Waals surface area contributed by atoms with E-state index in [-0.39, 0.29) is 34.1 Å². The molecule has 1 atom stereocenters. The summed E-state index contributed by atoms with van der Waals surface area (Å²) in [6.45, 7) is 5.70. The SMILES string of the molecule is CCC(CC(C)(C)C(=O)Oc1ccc2oc(-c3ccccc3)c(O)c(=O)c2c1)c1ccc(O)cc1. The molecular formula is C29H28O6. The molecule has 0 radical (unpaired) electrons. The van der Waals surface area contributed by atoms with Crippen molar-refractivity contribution in [3.8, 4) is 28.6 Å². The minimum Gasteiger partial charge on any atom is -0.508 e. The Hall–Kier alpha value is -4.06. The van der Waals surface area contributed by atoms with Crippen molar-refractivity contribution in [1.82, 2.24) is 0 Å². The normalized spacial score (nSPS) is 12.4. The van der Waals surface area contributed by atoms with Gasteiger partial charge >= 0.3 is 5.97 Å². The van der Waals surface area contributed by atoms with Gasteiger partial charge in [-0.3, -0.25) is 9.59 Å². The standard InChI is InChI=1S/C29H28O6/c1-4-18(19-10-12-21(30)13-11-19)17-29(2,3)28(33)34-22-14-15-24-23(16-22)25(31)26(32)27(35-24)20-8-6-5-7-9-20/h5-16,18,30,32H,4,17H2,1-3H3. The van der Waals surface area contributed by atoms with Gasteiger partial charge in [-0.25, -0.2) is 0 Å². The lowest BCUT2D eigenvalue weighted by atomic mass is 9.79. The van der Waals surface area contributed by atoms with Gasteiger partial charge in [0.15, 0.2) is 5.76 Å². The van der Waals surface area contributed by atoms with E-state index >= 15 is 0 Å². The molecule has 6 nitrogen and oxygen atoms in total. The lowest BCUT2D eigenvalue weighted by molar-refractivity contribution is -0.144. The number of rotatable bonds is 7. The van der Waals surface area contributed by atoms with Crippen molar-refractivity contribution in [3.63, 3.8) is 0 Å². The summed E-state index contributed by atoms with van der Waals surface area (Å²) in [5.74, 6) is -0.322. The van der Waals surface area contributed by atoms with Crippen LogP contribution in [0.3, 0.4) is 0 Å². The Morgan fingerprint density at radius 1 is 1.00 bits per heavy atom. The Balaban J connectivity index is 1.57. The van der Waals surface area contributed by atoms with Crippen LogP contribution >= 0.6 is 0 Å². The smallest absolute Gasteiger partial charge is 0.316 e. The first kappa shape index (κ1) is 24.1. The van der Waals surface area contributed by atoms with Crippen LogP contribution in [-0.4, -0.2) is 16.2 Å². The molecule has 0 aliphatic heterocycles. The quantitative estimate of drug-likeness (QED) is 0.239. The molecule has 0 fully saturated rings. The molecule has 0 saturated heterocycles.